The molecule has 0 bridgehead atoms. The van der Waals surface area contributed by atoms with E-state index in [-0.39, 0.29) is 17.3 Å². The third-order valence-electron chi connectivity index (χ3n) is 2.47. The van der Waals surface area contributed by atoms with Gasteiger partial charge in [0.15, 0.2) is 9.84 Å². The van der Waals surface area contributed by atoms with E-state index in [1.165, 1.54) is 0 Å². The lowest BCUT2D eigenvalue weighted by Crippen LogP contribution is -2.35. The van der Waals surface area contributed by atoms with Crippen molar-refractivity contribution < 1.29 is 13.5 Å². The molecule has 0 aliphatic heterocycles. The fourth-order valence-electron chi connectivity index (χ4n) is 1.40. The normalized spacial score (nSPS) is 12.5. The van der Waals surface area contributed by atoms with E-state index in [1.54, 1.807) is 31.2 Å². The van der Waals surface area contributed by atoms with Gasteiger partial charge in [0.05, 0.1) is 28.5 Å². The number of sulfone groups is 1. The lowest BCUT2D eigenvalue weighted by Gasteiger charge is -2.26. The summed E-state index contributed by atoms with van der Waals surface area (Å²) in [5, 5.41) is 12.2. The molecule has 0 spiro atoms. The molecule has 0 unspecified atom stereocenters. The molecule has 0 radical (unpaired) electrons. The SMILES string of the molecule is CCS(=O)(=O)c1ccccc1NC(C)(C)CO. The molecule has 0 aromatic heterocycles. The van der Waals surface area contributed by atoms with Gasteiger partial charge in [-0.3, -0.25) is 0 Å². The van der Waals surface area contributed by atoms with Gasteiger partial charge in [-0.25, -0.2) is 8.42 Å². The molecule has 1 rings (SSSR count). The Balaban J connectivity index is 3.18. The predicted molar refractivity (Wildman–Crippen MR) is 69.0 cm³/mol. The first kappa shape index (κ1) is 14.0. The van der Waals surface area contributed by atoms with Crippen molar-refractivity contribution in [1.29, 1.82) is 0 Å². The number of aliphatic hydroxyl groups excluding tert-OH is 1. The van der Waals surface area contributed by atoms with Crippen molar-refractivity contribution in [2.24, 2.45) is 0 Å². The summed E-state index contributed by atoms with van der Waals surface area (Å²) in [6.45, 7) is 5.15. The molecule has 4 nitrogen and oxygen atoms in total. The van der Waals surface area contributed by atoms with E-state index in [2.05, 4.69) is 5.32 Å². The summed E-state index contributed by atoms with van der Waals surface area (Å²) in [4.78, 5) is 0.282. The van der Waals surface area contributed by atoms with E-state index in [1.807, 2.05) is 13.8 Å². The Bertz CT molecular complexity index is 480. The quantitative estimate of drug-likeness (QED) is 0.842. The van der Waals surface area contributed by atoms with Crippen molar-refractivity contribution in [3.63, 3.8) is 0 Å². The van der Waals surface area contributed by atoms with E-state index in [0.29, 0.717) is 5.69 Å². The van der Waals surface area contributed by atoms with Crippen LogP contribution >= 0.6 is 0 Å². The van der Waals surface area contributed by atoms with Gasteiger partial charge in [0.2, 0.25) is 0 Å². The third kappa shape index (κ3) is 3.44. The monoisotopic (exact) mass is 257 g/mol. The van der Waals surface area contributed by atoms with Crippen LogP contribution in [0.15, 0.2) is 29.2 Å². The van der Waals surface area contributed by atoms with Crippen molar-refractivity contribution in [3.8, 4) is 0 Å². The number of para-hydroxylation sites is 1. The maximum absolute atomic E-state index is 11.9. The van der Waals surface area contributed by atoms with Crippen molar-refractivity contribution in [3.05, 3.63) is 24.3 Å². The number of aliphatic hydroxyl groups is 1. The molecule has 2 N–H and O–H groups in total. The summed E-state index contributed by atoms with van der Waals surface area (Å²) in [6.07, 6.45) is 0. The van der Waals surface area contributed by atoms with Crippen molar-refractivity contribution >= 4 is 15.5 Å². The number of benzene rings is 1. The Hall–Kier alpha value is -1.07. The van der Waals surface area contributed by atoms with E-state index >= 15 is 0 Å². The maximum Gasteiger partial charge on any atom is 0.180 e. The summed E-state index contributed by atoms with van der Waals surface area (Å²) in [5.41, 5.74) is -0.0206. The first-order valence-electron chi connectivity index (χ1n) is 5.53. The molecule has 17 heavy (non-hydrogen) atoms. The van der Waals surface area contributed by atoms with Crippen LogP contribution in [-0.2, 0) is 9.84 Å². The van der Waals surface area contributed by atoms with E-state index in [0.717, 1.165) is 0 Å². The average molecular weight is 257 g/mol. The Morgan fingerprint density at radius 3 is 2.41 bits per heavy atom. The highest BCUT2D eigenvalue weighted by Gasteiger charge is 2.21. The molecule has 0 saturated carbocycles. The minimum Gasteiger partial charge on any atom is -0.394 e. The predicted octanol–water partition coefficient (Wildman–Crippen LogP) is 1.66. The lowest BCUT2D eigenvalue weighted by molar-refractivity contribution is 0.234. The van der Waals surface area contributed by atoms with E-state index < -0.39 is 15.4 Å². The van der Waals surface area contributed by atoms with Crippen LogP contribution in [0.25, 0.3) is 0 Å². The first-order valence-corrected chi connectivity index (χ1v) is 7.18. The second kappa shape index (κ2) is 5.06. The van der Waals surface area contributed by atoms with Gasteiger partial charge < -0.3 is 10.4 Å². The topological polar surface area (TPSA) is 66.4 Å². The average Bonchev–Trinajstić information content (AvgIpc) is 2.29. The molecular formula is C12H19NO3S. The summed E-state index contributed by atoms with van der Waals surface area (Å²) >= 11 is 0. The number of nitrogens with one attached hydrogen (secondary N) is 1. The molecule has 5 heteroatoms. The van der Waals surface area contributed by atoms with Crippen LogP contribution < -0.4 is 5.32 Å². The molecule has 96 valence electrons. The first-order chi connectivity index (χ1) is 7.82. The van der Waals surface area contributed by atoms with Crippen LogP contribution in [0.2, 0.25) is 0 Å². The zero-order valence-electron chi connectivity index (χ0n) is 10.4. The van der Waals surface area contributed by atoms with Crippen molar-refractivity contribution in [2.75, 3.05) is 17.7 Å². The maximum atomic E-state index is 11.9. The highest BCUT2D eigenvalue weighted by molar-refractivity contribution is 7.91. The molecule has 0 atom stereocenters. The number of anilines is 1. The highest BCUT2D eigenvalue weighted by Crippen LogP contribution is 2.24. The van der Waals surface area contributed by atoms with E-state index in [9.17, 15) is 13.5 Å². The molecule has 0 saturated heterocycles. The van der Waals surface area contributed by atoms with Gasteiger partial charge in [0.1, 0.15) is 0 Å². The summed E-state index contributed by atoms with van der Waals surface area (Å²) in [6, 6.07) is 6.75. The van der Waals surface area contributed by atoms with Crippen molar-refractivity contribution in [2.45, 2.75) is 31.2 Å². The standard InChI is InChI=1S/C12H19NO3S/c1-4-17(15,16)11-8-6-5-7-10(11)13-12(2,3)9-14/h5-8,13-14H,4,9H2,1-3H3. The van der Waals surface area contributed by atoms with Crippen LogP contribution in [0.3, 0.4) is 0 Å². The third-order valence-corrected chi connectivity index (χ3v) is 4.26. The van der Waals surface area contributed by atoms with Crippen LogP contribution in [0.5, 0.6) is 0 Å². The number of rotatable bonds is 5. The second-order valence-electron chi connectivity index (χ2n) is 4.57. The lowest BCUT2D eigenvalue weighted by atomic mass is 10.1. The molecule has 0 amide bonds. The molecule has 0 aliphatic carbocycles. The Morgan fingerprint density at radius 2 is 1.88 bits per heavy atom. The van der Waals surface area contributed by atoms with Gasteiger partial charge >= 0.3 is 0 Å². The second-order valence-corrected chi connectivity index (χ2v) is 6.81. The zero-order chi connectivity index (χ0) is 13.1. The van der Waals surface area contributed by atoms with Gasteiger partial charge in [-0.1, -0.05) is 19.1 Å². The van der Waals surface area contributed by atoms with Crippen molar-refractivity contribution in [1.82, 2.24) is 0 Å². The smallest absolute Gasteiger partial charge is 0.180 e. The van der Waals surface area contributed by atoms with Gasteiger partial charge in [0, 0.05) is 0 Å². The van der Waals surface area contributed by atoms with Crippen LogP contribution in [0, 0.1) is 0 Å². The Kier molecular flexibility index (Phi) is 4.16. The zero-order valence-corrected chi connectivity index (χ0v) is 11.2. The molecule has 1 aromatic rings. The van der Waals surface area contributed by atoms with Gasteiger partial charge in [-0.15, -0.1) is 0 Å². The van der Waals surface area contributed by atoms with Crippen LogP contribution in [-0.4, -0.2) is 31.4 Å². The molecule has 1 aromatic carbocycles. The summed E-state index contributed by atoms with van der Waals surface area (Å²) in [5.74, 6) is 0.0608. The fourth-order valence-corrected chi connectivity index (χ4v) is 2.45. The van der Waals surface area contributed by atoms with E-state index in [4.69, 9.17) is 0 Å². The van der Waals surface area contributed by atoms with Crippen LogP contribution in [0.4, 0.5) is 5.69 Å². The molecular weight excluding hydrogens is 238 g/mol. The largest absolute Gasteiger partial charge is 0.394 e. The highest BCUT2D eigenvalue weighted by atomic mass is 32.2. The van der Waals surface area contributed by atoms with Crippen LogP contribution in [0.1, 0.15) is 20.8 Å². The summed E-state index contributed by atoms with van der Waals surface area (Å²) in [7, 11) is -3.25. The van der Waals surface area contributed by atoms with Gasteiger partial charge in [-0.05, 0) is 26.0 Å². The van der Waals surface area contributed by atoms with Gasteiger partial charge in [0.25, 0.3) is 0 Å². The molecule has 0 fully saturated rings. The Morgan fingerprint density at radius 1 is 1.29 bits per heavy atom. The summed E-state index contributed by atoms with van der Waals surface area (Å²) < 4.78 is 23.8. The minimum atomic E-state index is -3.25. The molecule has 0 aliphatic rings. The fraction of sp³-hybridized carbons (Fsp3) is 0.500. The Labute approximate surface area is 103 Å². The molecule has 0 heterocycles. The van der Waals surface area contributed by atoms with Gasteiger partial charge in [-0.2, -0.15) is 0 Å². The number of hydrogen-bond acceptors (Lipinski definition) is 4. The minimum absolute atomic E-state index is 0.0608. The number of hydrogen-bond donors (Lipinski definition) is 2.